The highest BCUT2D eigenvalue weighted by atomic mass is 16.6. The van der Waals surface area contributed by atoms with E-state index in [1.54, 1.807) is 0 Å². The zero-order valence-electron chi connectivity index (χ0n) is 18.1. The van der Waals surface area contributed by atoms with Crippen LogP contribution in [-0.4, -0.2) is 39.4 Å². The maximum Gasteiger partial charge on any atom is 0.410 e. The number of carbonyl (C=O) groups is 1. The van der Waals surface area contributed by atoms with Crippen molar-refractivity contribution in [1.82, 2.24) is 4.90 Å². The number of fused-ring (bicyclic) bond motifs is 2. The predicted octanol–water partition coefficient (Wildman–Crippen LogP) is 5.00. The van der Waals surface area contributed by atoms with Gasteiger partial charge in [-0.2, -0.15) is 0 Å². The monoisotopic (exact) mass is 389 g/mol. The van der Waals surface area contributed by atoms with Crippen LogP contribution in [0.1, 0.15) is 79.2 Å². The fourth-order valence-corrected chi connectivity index (χ4v) is 4.46. The number of hydrogen-bond acceptors (Lipinski definition) is 4. The molecule has 0 radical (unpaired) electrons. The number of rotatable bonds is 2. The zero-order valence-corrected chi connectivity index (χ0v) is 18.1. The molecule has 2 heterocycles. The molecule has 1 aromatic rings. The van der Waals surface area contributed by atoms with Crippen molar-refractivity contribution in [2.24, 2.45) is 0 Å². The highest BCUT2D eigenvalue weighted by Crippen LogP contribution is 2.45. The van der Waals surface area contributed by atoms with E-state index < -0.39 is 11.2 Å². The highest BCUT2D eigenvalue weighted by molar-refractivity contribution is 5.69. The molecule has 2 fully saturated rings. The molecule has 3 rings (SSSR count). The Labute approximate surface area is 169 Å². The van der Waals surface area contributed by atoms with Gasteiger partial charge in [-0.25, -0.2) is 4.79 Å². The Morgan fingerprint density at radius 2 is 1.54 bits per heavy atom. The number of amides is 1. The van der Waals surface area contributed by atoms with Crippen LogP contribution in [0.25, 0.3) is 0 Å². The van der Waals surface area contributed by atoms with Crippen molar-refractivity contribution in [3.63, 3.8) is 0 Å². The lowest BCUT2D eigenvalue weighted by molar-refractivity contribution is -0.0965. The van der Waals surface area contributed by atoms with E-state index in [9.17, 15) is 9.90 Å². The largest absolute Gasteiger partial charge is 0.488 e. The minimum atomic E-state index is -0.922. The van der Waals surface area contributed by atoms with Gasteiger partial charge >= 0.3 is 6.09 Å². The molecule has 2 aliphatic rings. The topological polar surface area (TPSA) is 59.0 Å². The number of hydrogen-bond donors (Lipinski definition) is 1. The fraction of sp³-hybridized carbons (Fsp3) is 0.696. The van der Waals surface area contributed by atoms with E-state index in [-0.39, 0.29) is 23.8 Å². The number of piperidine rings is 2. The van der Waals surface area contributed by atoms with Crippen LogP contribution in [0.2, 0.25) is 0 Å². The van der Waals surface area contributed by atoms with Crippen LogP contribution in [0, 0.1) is 0 Å². The SMILES string of the molecule is CC(C)(C)OC(=O)N1C2CCCC1CC(O)(c1ccc(OC(C)(C)C)cc1)C2. The van der Waals surface area contributed by atoms with Crippen LogP contribution < -0.4 is 4.74 Å². The molecule has 2 aliphatic heterocycles. The van der Waals surface area contributed by atoms with Gasteiger partial charge in [-0.05, 0) is 78.5 Å². The summed E-state index contributed by atoms with van der Waals surface area (Å²) in [4.78, 5) is 14.6. The van der Waals surface area contributed by atoms with Crippen molar-refractivity contribution in [3.8, 4) is 5.75 Å². The normalized spacial score (nSPS) is 28.0. The molecule has 5 nitrogen and oxygen atoms in total. The molecule has 28 heavy (non-hydrogen) atoms. The molecule has 0 aliphatic carbocycles. The van der Waals surface area contributed by atoms with Gasteiger partial charge in [0.15, 0.2) is 0 Å². The lowest BCUT2D eigenvalue weighted by atomic mass is 9.72. The van der Waals surface area contributed by atoms with E-state index in [0.717, 1.165) is 30.6 Å². The van der Waals surface area contributed by atoms with E-state index >= 15 is 0 Å². The van der Waals surface area contributed by atoms with Gasteiger partial charge in [-0.1, -0.05) is 12.1 Å². The minimum Gasteiger partial charge on any atom is -0.488 e. The Morgan fingerprint density at radius 1 is 1.00 bits per heavy atom. The molecule has 1 N–H and O–H groups in total. The van der Waals surface area contributed by atoms with Gasteiger partial charge in [0.25, 0.3) is 0 Å². The van der Waals surface area contributed by atoms with Gasteiger partial charge in [-0.15, -0.1) is 0 Å². The van der Waals surface area contributed by atoms with Crippen molar-refractivity contribution in [3.05, 3.63) is 29.8 Å². The first-order chi connectivity index (χ1) is 12.9. The standard InChI is InChI=1S/C23H35NO4/c1-21(2,3)27-19-12-10-16(11-13-19)23(26)14-17-8-7-9-18(15-23)24(17)20(25)28-22(4,5)6/h10-13,17-18,26H,7-9,14-15H2,1-6H3. The average Bonchev–Trinajstić information content (AvgIpc) is 2.51. The summed E-state index contributed by atoms with van der Waals surface area (Å²) in [5, 5.41) is 11.5. The first-order valence-electron chi connectivity index (χ1n) is 10.4. The molecule has 156 valence electrons. The molecule has 1 aromatic carbocycles. The predicted molar refractivity (Wildman–Crippen MR) is 109 cm³/mol. The second-order valence-corrected chi connectivity index (χ2v) is 10.3. The van der Waals surface area contributed by atoms with Crippen molar-refractivity contribution < 1.29 is 19.4 Å². The second kappa shape index (κ2) is 7.25. The number of benzene rings is 1. The van der Waals surface area contributed by atoms with Crippen LogP contribution in [0.5, 0.6) is 5.75 Å². The van der Waals surface area contributed by atoms with Gasteiger partial charge in [0, 0.05) is 24.9 Å². The van der Waals surface area contributed by atoms with Gasteiger partial charge in [0.1, 0.15) is 17.0 Å². The summed E-state index contributed by atoms with van der Waals surface area (Å²) in [6, 6.07) is 7.79. The summed E-state index contributed by atoms with van der Waals surface area (Å²) in [6.45, 7) is 11.7. The van der Waals surface area contributed by atoms with Gasteiger partial charge in [-0.3, -0.25) is 0 Å². The van der Waals surface area contributed by atoms with Crippen LogP contribution >= 0.6 is 0 Å². The van der Waals surface area contributed by atoms with E-state index in [0.29, 0.717) is 12.8 Å². The highest BCUT2D eigenvalue weighted by Gasteiger charge is 2.49. The average molecular weight is 390 g/mol. The van der Waals surface area contributed by atoms with E-state index in [1.165, 1.54) is 0 Å². The summed E-state index contributed by atoms with van der Waals surface area (Å²) in [6.07, 6.45) is 3.73. The molecule has 0 aromatic heterocycles. The van der Waals surface area contributed by atoms with Crippen LogP contribution in [-0.2, 0) is 10.3 Å². The Hall–Kier alpha value is -1.75. The third-order valence-corrected chi connectivity index (χ3v) is 5.43. The van der Waals surface area contributed by atoms with E-state index in [4.69, 9.17) is 9.47 Å². The summed E-state index contributed by atoms with van der Waals surface area (Å²) in [7, 11) is 0. The third-order valence-electron chi connectivity index (χ3n) is 5.43. The molecule has 2 atom stereocenters. The number of aliphatic hydroxyl groups is 1. The number of ether oxygens (including phenoxy) is 2. The van der Waals surface area contributed by atoms with Gasteiger partial charge in [0.05, 0.1) is 5.60 Å². The number of carbonyl (C=O) groups excluding carboxylic acids is 1. The van der Waals surface area contributed by atoms with Crippen LogP contribution in [0.3, 0.4) is 0 Å². The molecule has 2 saturated heterocycles. The van der Waals surface area contributed by atoms with Crippen molar-refractivity contribution in [2.45, 2.75) is 103 Å². The Morgan fingerprint density at radius 3 is 2.00 bits per heavy atom. The maximum atomic E-state index is 12.8. The Bertz CT molecular complexity index is 685. The quantitative estimate of drug-likeness (QED) is 0.773. The van der Waals surface area contributed by atoms with Crippen LogP contribution in [0.4, 0.5) is 4.79 Å². The molecule has 2 unspecified atom stereocenters. The fourth-order valence-electron chi connectivity index (χ4n) is 4.46. The van der Waals surface area contributed by atoms with Crippen molar-refractivity contribution >= 4 is 6.09 Å². The summed E-state index contributed by atoms with van der Waals surface area (Å²) in [5.41, 5.74) is -0.792. The first-order valence-corrected chi connectivity index (χ1v) is 10.4. The smallest absolute Gasteiger partial charge is 0.410 e. The summed E-state index contributed by atoms with van der Waals surface area (Å²) < 4.78 is 11.5. The third kappa shape index (κ3) is 4.80. The minimum absolute atomic E-state index is 0.0119. The lowest BCUT2D eigenvalue weighted by Crippen LogP contribution is -2.59. The summed E-state index contributed by atoms with van der Waals surface area (Å²) in [5.74, 6) is 0.797. The Kier molecular flexibility index (Phi) is 5.43. The second-order valence-electron chi connectivity index (χ2n) is 10.3. The van der Waals surface area contributed by atoms with Gasteiger partial charge < -0.3 is 19.5 Å². The molecular weight excluding hydrogens is 354 g/mol. The molecule has 5 heteroatoms. The molecular formula is C23H35NO4. The van der Waals surface area contributed by atoms with Crippen molar-refractivity contribution in [2.75, 3.05) is 0 Å². The van der Waals surface area contributed by atoms with E-state index in [1.807, 2.05) is 70.7 Å². The molecule has 0 spiro atoms. The molecule has 2 bridgehead atoms. The van der Waals surface area contributed by atoms with Crippen LogP contribution in [0.15, 0.2) is 24.3 Å². The number of nitrogens with zero attached hydrogens (tertiary/aromatic N) is 1. The first kappa shape index (κ1) is 21.0. The lowest BCUT2D eigenvalue weighted by Gasteiger charge is -2.51. The maximum absolute atomic E-state index is 12.8. The van der Waals surface area contributed by atoms with Crippen molar-refractivity contribution in [1.29, 1.82) is 0 Å². The van der Waals surface area contributed by atoms with E-state index in [2.05, 4.69) is 0 Å². The summed E-state index contributed by atoms with van der Waals surface area (Å²) >= 11 is 0. The van der Waals surface area contributed by atoms with Gasteiger partial charge in [0.2, 0.25) is 0 Å². The zero-order chi connectivity index (χ0) is 20.7. The Balaban J connectivity index is 1.77. The molecule has 0 saturated carbocycles. The molecule has 1 amide bonds.